The SMILES string of the molecule is COc1c(C(F)(F)F)ccc(C2(C(=O)O)CCC2)c1OC. The third-order valence-electron chi connectivity index (χ3n) is 3.96. The van der Waals surface area contributed by atoms with E-state index in [2.05, 4.69) is 0 Å². The van der Waals surface area contributed by atoms with Gasteiger partial charge in [0.15, 0.2) is 11.5 Å². The number of carbonyl (C=O) groups is 1. The van der Waals surface area contributed by atoms with Crippen LogP contribution < -0.4 is 9.47 Å². The van der Waals surface area contributed by atoms with Crippen molar-refractivity contribution in [1.29, 1.82) is 0 Å². The predicted octanol–water partition coefficient (Wildman–Crippen LogP) is 3.23. The lowest BCUT2D eigenvalue weighted by Crippen LogP contribution is -2.42. The van der Waals surface area contributed by atoms with Crippen LogP contribution in [0.15, 0.2) is 12.1 Å². The first-order chi connectivity index (χ1) is 9.78. The highest BCUT2D eigenvalue weighted by atomic mass is 19.4. The van der Waals surface area contributed by atoms with Crippen LogP contribution in [0.5, 0.6) is 11.5 Å². The fraction of sp³-hybridized carbons (Fsp3) is 0.500. The second kappa shape index (κ2) is 5.13. The molecular formula is C14H15F3O4. The predicted molar refractivity (Wildman–Crippen MR) is 67.7 cm³/mol. The summed E-state index contributed by atoms with van der Waals surface area (Å²) in [5, 5.41) is 9.43. The molecule has 0 unspecified atom stereocenters. The Kier molecular flexibility index (Phi) is 3.78. The smallest absolute Gasteiger partial charge is 0.420 e. The van der Waals surface area contributed by atoms with Crippen molar-refractivity contribution in [3.05, 3.63) is 23.3 Å². The van der Waals surface area contributed by atoms with Crippen molar-refractivity contribution in [2.45, 2.75) is 30.9 Å². The summed E-state index contributed by atoms with van der Waals surface area (Å²) in [6.45, 7) is 0. The van der Waals surface area contributed by atoms with Gasteiger partial charge in [0, 0.05) is 5.56 Å². The van der Waals surface area contributed by atoms with Crippen molar-refractivity contribution in [2.75, 3.05) is 14.2 Å². The lowest BCUT2D eigenvalue weighted by atomic mass is 9.64. The summed E-state index contributed by atoms with van der Waals surface area (Å²) < 4.78 is 48.8. The molecule has 7 heteroatoms. The third kappa shape index (κ3) is 2.30. The number of methoxy groups -OCH3 is 2. The number of rotatable bonds is 4. The Labute approximate surface area is 119 Å². The van der Waals surface area contributed by atoms with Crippen molar-refractivity contribution in [1.82, 2.24) is 0 Å². The molecule has 0 atom stereocenters. The molecule has 0 heterocycles. The van der Waals surface area contributed by atoms with Crippen LogP contribution >= 0.6 is 0 Å². The Hall–Kier alpha value is -1.92. The second-order valence-corrected chi connectivity index (χ2v) is 4.97. The molecule has 0 aromatic heterocycles. The van der Waals surface area contributed by atoms with Crippen molar-refractivity contribution < 1.29 is 32.5 Å². The van der Waals surface area contributed by atoms with Crippen LogP contribution in [0.3, 0.4) is 0 Å². The summed E-state index contributed by atoms with van der Waals surface area (Å²) in [5.41, 5.74) is -1.94. The first-order valence-electron chi connectivity index (χ1n) is 6.34. The van der Waals surface area contributed by atoms with Crippen LogP contribution in [0.4, 0.5) is 13.2 Å². The molecule has 21 heavy (non-hydrogen) atoms. The Balaban J connectivity index is 2.67. The van der Waals surface area contributed by atoms with Gasteiger partial charge in [-0.3, -0.25) is 4.79 Å². The van der Waals surface area contributed by atoms with E-state index in [1.807, 2.05) is 0 Å². The number of hydrogen-bond donors (Lipinski definition) is 1. The average molecular weight is 304 g/mol. The van der Waals surface area contributed by atoms with Crippen LogP contribution in [0.25, 0.3) is 0 Å². The highest BCUT2D eigenvalue weighted by Crippen LogP contribution is 2.52. The van der Waals surface area contributed by atoms with Gasteiger partial charge < -0.3 is 14.6 Å². The minimum atomic E-state index is -4.60. The molecule has 4 nitrogen and oxygen atoms in total. The van der Waals surface area contributed by atoms with Gasteiger partial charge in [0.1, 0.15) is 5.56 Å². The molecule has 1 N–H and O–H groups in total. The standard InChI is InChI=1S/C14H15F3O4/c1-20-10-8(13(12(18)19)6-3-7-13)4-5-9(11(10)21-2)14(15,16)17/h4-5H,3,6-7H2,1-2H3,(H,18,19). The summed E-state index contributed by atoms with van der Waals surface area (Å²) in [7, 11) is 2.31. The second-order valence-electron chi connectivity index (χ2n) is 4.97. The quantitative estimate of drug-likeness (QED) is 0.928. The van der Waals surface area contributed by atoms with E-state index in [1.54, 1.807) is 0 Å². The van der Waals surface area contributed by atoms with Crippen LogP contribution in [0.1, 0.15) is 30.4 Å². The van der Waals surface area contributed by atoms with E-state index in [1.165, 1.54) is 13.2 Å². The minimum Gasteiger partial charge on any atom is -0.493 e. The normalized spacial score (nSPS) is 17.0. The van der Waals surface area contributed by atoms with E-state index in [0.29, 0.717) is 19.3 Å². The molecule has 1 fully saturated rings. The summed E-state index contributed by atoms with van der Waals surface area (Å²) in [5.74, 6) is -1.70. The zero-order valence-electron chi connectivity index (χ0n) is 11.6. The van der Waals surface area contributed by atoms with Crippen LogP contribution in [-0.4, -0.2) is 25.3 Å². The summed E-state index contributed by atoms with van der Waals surface area (Å²) in [4.78, 5) is 11.5. The highest BCUT2D eigenvalue weighted by molar-refractivity contribution is 5.84. The van der Waals surface area contributed by atoms with Gasteiger partial charge in [-0.2, -0.15) is 13.2 Å². The molecular weight excluding hydrogens is 289 g/mol. The van der Waals surface area contributed by atoms with E-state index >= 15 is 0 Å². The Morgan fingerprint density at radius 2 is 1.76 bits per heavy atom. The highest BCUT2D eigenvalue weighted by Gasteiger charge is 2.49. The monoisotopic (exact) mass is 304 g/mol. The van der Waals surface area contributed by atoms with E-state index < -0.39 is 28.9 Å². The average Bonchev–Trinajstić information content (AvgIpc) is 2.34. The molecule has 0 aliphatic heterocycles. The van der Waals surface area contributed by atoms with Crippen LogP contribution in [0, 0.1) is 0 Å². The fourth-order valence-corrected chi connectivity index (χ4v) is 2.70. The number of carboxylic acid groups (broad SMARTS) is 1. The maximum absolute atomic E-state index is 13.0. The van der Waals surface area contributed by atoms with Crippen molar-refractivity contribution in [3.8, 4) is 11.5 Å². The van der Waals surface area contributed by atoms with Gasteiger partial charge >= 0.3 is 12.1 Å². The number of benzene rings is 1. The van der Waals surface area contributed by atoms with Crippen LogP contribution in [0.2, 0.25) is 0 Å². The van der Waals surface area contributed by atoms with Gasteiger partial charge in [-0.25, -0.2) is 0 Å². The molecule has 0 bridgehead atoms. The number of alkyl halides is 3. The van der Waals surface area contributed by atoms with Crippen molar-refractivity contribution in [3.63, 3.8) is 0 Å². The van der Waals surface area contributed by atoms with Gasteiger partial charge in [0.05, 0.1) is 19.6 Å². The van der Waals surface area contributed by atoms with E-state index in [-0.39, 0.29) is 11.3 Å². The molecule has 0 saturated heterocycles. The number of carboxylic acids is 1. The van der Waals surface area contributed by atoms with E-state index in [0.717, 1.165) is 13.2 Å². The van der Waals surface area contributed by atoms with Gasteiger partial charge in [-0.1, -0.05) is 12.5 Å². The Morgan fingerprint density at radius 3 is 2.10 bits per heavy atom. The first-order valence-corrected chi connectivity index (χ1v) is 6.34. The topological polar surface area (TPSA) is 55.8 Å². The Morgan fingerprint density at radius 1 is 1.19 bits per heavy atom. The maximum atomic E-state index is 13.0. The largest absolute Gasteiger partial charge is 0.493 e. The number of aliphatic carboxylic acids is 1. The van der Waals surface area contributed by atoms with Crippen LogP contribution in [-0.2, 0) is 16.4 Å². The third-order valence-corrected chi connectivity index (χ3v) is 3.96. The summed E-state index contributed by atoms with van der Waals surface area (Å²) in [6.07, 6.45) is -3.16. The molecule has 116 valence electrons. The van der Waals surface area contributed by atoms with Crippen molar-refractivity contribution >= 4 is 5.97 Å². The molecule has 1 aliphatic carbocycles. The lowest BCUT2D eigenvalue weighted by Gasteiger charge is -2.39. The summed E-state index contributed by atoms with van der Waals surface area (Å²) >= 11 is 0. The summed E-state index contributed by atoms with van der Waals surface area (Å²) in [6, 6.07) is 2.02. The molecule has 0 radical (unpaired) electrons. The first kappa shape index (κ1) is 15.5. The van der Waals surface area contributed by atoms with Gasteiger partial charge in [-0.15, -0.1) is 0 Å². The van der Waals surface area contributed by atoms with E-state index in [9.17, 15) is 23.1 Å². The molecule has 0 spiro atoms. The van der Waals surface area contributed by atoms with Gasteiger partial charge in [0.2, 0.25) is 0 Å². The van der Waals surface area contributed by atoms with Crippen molar-refractivity contribution in [2.24, 2.45) is 0 Å². The van der Waals surface area contributed by atoms with Gasteiger partial charge in [-0.05, 0) is 18.9 Å². The fourth-order valence-electron chi connectivity index (χ4n) is 2.70. The number of halogens is 3. The molecule has 1 saturated carbocycles. The molecule has 0 amide bonds. The zero-order chi connectivity index (χ0) is 15.8. The Bertz CT molecular complexity index is 562. The van der Waals surface area contributed by atoms with E-state index in [4.69, 9.17) is 9.47 Å². The number of hydrogen-bond acceptors (Lipinski definition) is 3. The molecule has 2 rings (SSSR count). The number of ether oxygens (including phenoxy) is 2. The molecule has 1 aromatic carbocycles. The lowest BCUT2D eigenvalue weighted by molar-refractivity contribution is -0.147. The zero-order valence-corrected chi connectivity index (χ0v) is 11.6. The molecule has 1 aliphatic rings. The van der Waals surface area contributed by atoms with Gasteiger partial charge in [0.25, 0.3) is 0 Å². The minimum absolute atomic E-state index is 0.158. The maximum Gasteiger partial charge on any atom is 0.420 e. The molecule has 1 aromatic rings.